The van der Waals surface area contributed by atoms with E-state index in [9.17, 15) is 105 Å². The van der Waals surface area contributed by atoms with Gasteiger partial charge in [0.15, 0.2) is 98.8 Å². The number of halogens is 14. The van der Waals surface area contributed by atoms with Crippen molar-refractivity contribution in [2.45, 2.75) is 162 Å². The van der Waals surface area contributed by atoms with E-state index in [0.29, 0.717) is 47.9 Å². The van der Waals surface area contributed by atoms with Gasteiger partial charge in [-0.25, -0.2) is 71.1 Å². The minimum absolute atomic E-state index is 0. The third-order valence-electron chi connectivity index (χ3n) is 18.0. The average molecular weight is 1770 g/mol. The third-order valence-corrected chi connectivity index (χ3v) is 18.0. The van der Waals surface area contributed by atoms with E-state index in [1.54, 1.807) is 20.8 Å². The summed E-state index contributed by atoms with van der Waals surface area (Å²) in [6.45, 7) is 14.6. The maximum absolute atomic E-state index is 13.6. The molecule has 126 heavy (non-hydrogen) atoms. The number of hydrogen-bond acceptors (Lipinski definition) is 13. The Balaban J connectivity index is 0.000000341. The summed E-state index contributed by atoms with van der Waals surface area (Å²) in [7, 11) is 7.44. The van der Waals surface area contributed by atoms with Gasteiger partial charge in [-0.3, -0.25) is 33.6 Å². The van der Waals surface area contributed by atoms with E-state index in [0.717, 1.165) is 104 Å². The van der Waals surface area contributed by atoms with Crippen molar-refractivity contribution in [3.63, 3.8) is 0 Å². The molecule has 676 valence electrons. The molecule has 0 aliphatic heterocycles. The van der Waals surface area contributed by atoms with Gasteiger partial charge < -0.3 is 41.0 Å². The van der Waals surface area contributed by atoms with E-state index >= 15 is 0 Å². The smallest absolute Gasteiger partial charge is 0.407 e. The molecule has 4 aliphatic rings. The number of ketones is 4. The highest BCUT2D eigenvalue weighted by Crippen LogP contribution is 2.34. The van der Waals surface area contributed by atoms with Crippen LogP contribution in [0.4, 0.5) is 71.1 Å². The van der Waals surface area contributed by atoms with Crippen molar-refractivity contribution < 1.29 is 114 Å². The second-order valence-electron chi connectivity index (χ2n) is 31.1. The van der Waals surface area contributed by atoms with Crippen LogP contribution < -0.4 is 26.6 Å². The molecular formula is C95H102F14N6O11. The molecule has 0 unspecified atom stereocenters. The molecule has 0 spiro atoms. The standard InChI is InChI=1S/C25H24F4N2O2.C25H23F4NO3.C23H17F4NO2.C11H19NO3.C7H4F2O.C2H7N.2CH4/c1-31(2)8-7-24(32)30-19-13-17(9-15-3-5-20(26)22(28)11-15)25(33)18(14-19)10-16-4-6-21(27)23(29)12-16;1-25(2,3)33-24(32)30-18-12-16(8-14-4-6-19(26)21(28)10-14)23(31)17(13-18)9-15-5-7-20(27)22(29)11-15;1-2-22(29)28-17-11-15(7-13-3-5-18(24)20(26)9-13)23(30)16(12-17)8-14-4-6-19(25)21(27)10-14;1-11(2,3)15-10(14)12-8-4-6-9(13)7-5-8;8-6-2-1-5(4-10)3-7(6)9;1-3-2;;/h3-6,9-12,19H,7-8,13-14H2,1-2H3,(H,30,32);4-11,18H,12-13H2,1-3H3,(H,30,32);2-10,17H,1,11-12H2,(H,28,29);8H,4-7H2,1-3H3,(H,12,14);1-4H;3H,1-2H3;2*1H4/b17-9+,18-10+;16-8+,17-9+;15-7+,16-8+;;;;;. The maximum atomic E-state index is 13.6. The van der Waals surface area contributed by atoms with Crippen LogP contribution in [-0.2, 0) is 38.2 Å². The Hall–Kier alpha value is -12.5. The van der Waals surface area contributed by atoms with Crippen LogP contribution in [0.2, 0.25) is 0 Å². The minimum atomic E-state index is -1.06. The Kier molecular flexibility index (Phi) is 41.9. The lowest BCUT2D eigenvalue weighted by Gasteiger charge is -2.28. The van der Waals surface area contributed by atoms with Crippen molar-refractivity contribution in [1.82, 2.24) is 31.5 Å². The van der Waals surface area contributed by atoms with Gasteiger partial charge in [-0.1, -0.05) is 57.8 Å². The van der Waals surface area contributed by atoms with E-state index in [1.807, 2.05) is 53.9 Å². The van der Waals surface area contributed by atoms with Gasteiger partial charge >= 0.3 is 12.2 Å². The van der Waals surface area contributed by atoms with Gasteiger partial charge in [0.25, 0.3) is 0 Å². The molecule has 5 N–H and O–H groups in total. The topological polar surface area (TPSA) is 235 Å². The zero-order valence-electron chi connectivity index (χ0n) is 69.5. The fourth-order valence-corrected chi connectivity index (χ4v) is 12.4. The number of rotatable bonds is 15. The second kappa shape index (κ2) is 49.8. The molecule has 17 nitrogen and oxygen atoms in total. The maximum Gasteiger partial charge on any atom is 0.407 e. The Morgan fingerprint density at radius 1 is 0.381 bits per heavy atom. The van der Waals surface area contributed by atoms with Gasteiger partial charge in [0.05, 0.1) is 0 Å². The van der Waals surface area contributed by atoms with Gasteiger partial charge in [-0.2, -0.15) is 0 Å². The fourth-order valence-electron chi connectivity index (χ4n) is 12.4. The molecule has 7 aromatic rings. The summed E-state index contributed by atoms with van der Waals surface area (Å²) in [5.41, 5.74) is 2.20. The first-order valence-corrected chi connectivity index (χ1v) is 38.8. The summed E-state index contributed by atoms with van der Waals surface area (Å²) >= 11 is 0. The van der Waals surface area contributed by atoms with E-state index in [1.165, 1.54) is 78.9 Å². The number of amides is 4. The molecule has 0 bridgehead atoms. The predicted molar refractivity (Wildman–Crippen MR) is 456 cm³/mol. The van der Waals surface area contributed by atoms with Crippen LogP contribution in [0.3, 0.4) is 0 Å². The molecule has 0 heterocycles. The number of carbonyl (C=O) groups excluding carboxylic acids is 9. The Morgan fingerprint density at radius 2 is 0.611 bits per heavy atom. The van der Waals surface area contributed by atoms with Crippen molar-refractivity contribution in [3.8, 4) is 0 Å². The lowest BCUT2D eigenvalue weighted by atomic mass is 9.83. The highest BCUT2D eigenvalue weighted by Gasteiger charge is 2.34. The molecule has 11 rings (SSSR count). The monoisotopic (exact) mass is 1770 g/mol. The van der Waals surface area contributed by atoms with Gasteiger partial charge in [-0.05, 0) is 288 Å². The zero-order chi connectivity index (χ0) is 92.0. The molecule has 4 aliphatic carbocycles. The number of carbonyl (C=O) groups is 9. The van der Waals surface area contributed by atoms with Crippen molar-refractivity contribution in [1.29, 1.82) is 0 Å². The van der Waals surface area contributed by atoms with E-state index in [2.05, 4.69) is 33.2 Å². The summed E-state index contributed by atoms with van der Waals surface area (Å²) in [6, 6.07) is 21.1. The second-order valence-corrected chi connectivity index (χ2v) is 31.1. The Morgan fingerprint density at radius 3 is 0.841 bits per heavy atom. The number of nitrogens with one attached hydrogen (secondary N) is 5. The number of Topliss-reactive ketones (excluding diaryl/α,β-unsaturated/α-hetero) is 4. The lowest BCUT2D eigenvalue weighted by Crippen LogP contribution is -2.42. The predicted octanol–water partition coefficient (Wildman–Crippen LogP) is 20.1. The van der Waals surface area contributed by atoms with Crippen molar-refractivity contribution in [3.05, 3.63) is 294 Å². The molecule has 4 fully saturated rings. The number of ether oxygens (including phenoxy) is 2. The zero-order valence-corrected chi connectivity index (χ0v) is 69.5. The Labute approximate surface area is 723 Å². The van der Waals surface area contributed by atoms with Crippen LogP contribution in [0.5, 0.6) is 0 Å². The number of alkyl carbamates (subject to hydrolysis) is 2. The average Bonchev–Trinajstić information content (AvgIpc) is 0.812. The first-order valence-electron chi connectivity index (χ1n) is 38.8. The molecule has 7 aromatic carbocycles. The highest BCUT2D eigenvalue weighted by molar-refractivity contribution is 6.16. The third kappa shape index (κ3) is 35.6. The van der Waals surface area contributed by atoms with Crippen LogP contribution in [0.25, 0.3) is 36.5 Å². The number of benzene rings is 7. The summed E-state index contributed by atoms with van der Waals surface area (Å²) < 4.78 is 196. The van der Waals surface area contributed by atoms with Crippen LogP contribution >= 0.6 is 0 Å². The van der Waals surface area contributed by atoms with Crippen molar-refractivity contribution in [2.75, 3.05) is 34.7 Å². The van der Waals surface area contributed by atoms with Crippen LogP contribution in [0.15, 0.2) is 173 Å². The van der Waals surface area contributed by atoms with Gasteiger partial charge in [0.2, 0.25) is 11.8 Å². The largest absolute Gasteiger partial charge is 0.444 e. The van der Waals surface area contributed by atoms with E-state index in [4.69, 9.17) is 9.47 Å². The fraction of sp³-hybridized carbons (Fsp3) is 0.316. The molecule has 0 atom stereocenters. The lowest BCUT2D eigenvalue weighted by molar-refractivity contribution is -0.122. The molecule has 0 radical (unpaired) electrons. The van der Waals surface area contributed by atoms with E-state index in [-0.39, 0.29) is 145 Å². The molecule has 4 saturated carbocycles. The van der Waals surface area contributed by atoms with Gasteiger partial charge in [0.1, 0.15) is 23.3 Å². The number of hydrogen-bond donors (Lipinski definition) is 5. The summed E-state index contributed by atoms with van der Waals surface area (Å²) in [4.78, 5) is 110. The highest BCUT2D eigenvalue weighted by atomic mass is 19.2. The summed E-state index contributed by atoms with van der Waals surface area (Å²) in [5, 5.41) is 13.8. The van der Waals surface area contributed by atoms with Crippen molar-refractivity contribution in [2.24, 2.45) is 0 Å². The summed E-state index contributed by atoms with van der Waals surface area (Å²) in [5.74, 6) is -15.8. The Bertz CT molecular complexity index is 5050. The van der Waals surface area contributed by atoms with Crippen LogP contribution in [0, 0.1) is 81.4 Å². The quantitative estimate of drug-likeness (QED) is 0.0365. The van der Waals surface area contributed by atoms with Crippen LogP contribution in [-0.4, -0.2) is 128 Å². The molecule has 0 saturated heterocycles. The molecular weight excluding hydrogens is 1670 g/mol. The van der Waals surface area contributed by atoms with E-state index < -0.39 is 129 Å². The number of nitrogens with zero attached hydrogens (tertiary/aromatic N) is 1. The molecule has 4 amide bonds. The van der Waals surface area contributed by atoms with Gasteiger partial charge in [-0.15, -0.1) is 0 Å². The van der Waals surface area contributed by atoms with Crippen LogP contribution in [0.1, 0.15) is 171 Å². The first kappa shape index (κ1) is 106. The first-order chi connectivity index (χ1) is 58.3. The van der Waals surface area contributed by atoms with Crippen molar-refractivity contribution >= 4 is 89.9 Å². The molecule has 0 aromatic heterocycles. The number of aldehydes is 1. The minimum Gasteiger partial charge on any atom is -0.444 e. The summed E-state index contributed by atoms with van der Waals surface area (Å²) in [6.07, 6.45) is 12.8. The molecule has 31 heteroatoms. The van der Waals surface area contributed by atoms with Gasteiger partial charge in [0, 0.05) is 89.0 Å². The SMILES string of the molecule is C.C.C=CC(=O)NC1C/C(=C\c2ccc(F)c(F)c2)C(=O)/C(=C/c2ccc(F)c(F)c2)C1.CC(C)(C)OC(=O)NC1C/C(=C\c2ccc(F)c(F)c2)C(=O)/C(=C/c2ccc(F)c(F)c2)C1.CC(C)(C)OC(=O)NC1CCC(=O)CC1.CN(C)CCC(=O)NC1C/C(=C\c2ccc(F)c(F)c2)C(=O)/C(=C/c2ccc(F)c(F)c2)C1.CNC.O=Cc1ccc(F)c(F)c1. The normalized spacial score (nSPS) is 17.6.